The van der Waals surface area contributed by atoms with Gasteiger partial charge in [0.2, 0.25) is 5.75 Å². The van der Waals surface area contributed by atoms with E-state index in [2.05, 4.69) is 20.2 Å². The number of aromatic nitrogens is 4. The largest absolute Gasteiger partial charge is 0.493 e. The van der Waals surface area contributed by atoms with E-state index in [1.165, 1.54) is 14.2 Å². The van der Waals surface area contributed by atoms with Gasteiger partial charge in [0.25, 0.3) is 5.91 Å². The molecule has 1 aromatic carbocycles. The standard InChI is InChI=1S/C20H22N6O4/c1-28-15-5-4-14(18(29-2)19(15)30-3)20(27)26-12-8-13(26)10-24(9-12)17-7-6-16-22-21-11-25(16)23-17/h4-7,11-13H,8-10H2,1-3H3. The number of piperazine rings is 1. The number of ether oxygens (including phenoxy) is 3. The van der Waals surface area contributed by atoms with Crippen LogP contribution in [0, 0.1) is 0 Å². The van der Waals surface area contributed by atoms with Gasteiger partial charge in [-0.25, -0.2) is 0 Å². The van der Waals surface area contributed by atoms with Gasteiger partial charge < -0.3 is 24.0 Å². The first kappa shape index (κ1) is 18.5. The Morgan fingerprint density at radius 1 is 1.00 bits per heavy atom. The highest BCUT2D eigenvalue weighted by molar-refractivity contribution is 5.99. The zero-order valence-electron chi connectivity index (χ0n) is 17.0. The maximum Gasteiger partial charge on any atom is 0.258 e. The molecule has 156 valence electrons. The minimum Gasteiger partial charge on any atom is -0.493 e. The number of carbonyl (C=O) groups is 1. The summed E-state index contributed by atoms with van der Waals surface area (Å²) in [5.41, 5.74) is 1.18. The lowest BCUT2D eigenvalue weighted by atomic mass is 9.86. The van der Waals surface area contributed by atoms with Gasteiger partial charge >= 0.3 is 0 Å². The molecule has 2 aromatic heterocycles. The summed E-state index contributed by atoms with van der Waals surface area (Å²) in [5, 5.41) is 12.4. The van der Waals surface area contributed by atoms with Gasteiger partial charge in [-0.1, -0.05) is 0 Å². The summed E-state index contributed by atoms with van der Waals surface area (Å²) in [4.78, 5) is 17.5. The highest BCUT2D eigenvalue weighted by Gasteiger charge is 2.48. The number of methoxy groups -OCH3 is 3. The number of hydrogen-bond acceptors (Lipinski definition) is 8. The van der Waals surface area contributed by atoms with Crippen LogP contribution < -0.4 is 19.1 Å². The lowest BCUT2D eigenvalue weighted by molar-refractivity contribution is 0.00544. The molecule has 6 rings (SSSR count). The van der Waals surface area contributed by atoms with Crippen molar-refractivity contribution in [2.45, 2.75) is 18.5 Å². The van der Waals surface area contributed by atoms with Crippen LogP contribution in [0.4, 0.5) is 5.82 Å². The van der Waals surface area contributed by atoms with Crippen LogP contribution in [0.15, 0.2) is 30.6 Å². The van der Waals surface area contributed by atoms with E-state index in [0.29, 0.717) is 28.5 Å². The molecule has 10 heteroatoms. The molecule has 10 nitrogen and oxygen atoms in total. The molecular formula is C20H22N6O4. The van der Waals surface area contributed by atoms with Gasteiger partial charge in [0.05, 0.1) is 39.0 Å². The Kier molecular flexibility index (Phi) is 4.34. The highest BCUT2D eigenvalue weighted by atomic mass is 16.5. The van der Waals surface area contributed by atoms with Crippen LogP contribution in [0.25, 0.3) is 5.65 Å². The van der Waals surface area contributed by atoms with Gasteiger partial charge in [-0.15, -0.1) is 15.3 Å². The second-order valence-corrected chi connectivity index (χ2v) is 7.37. The first-order chi connectivity index (χ1) is 14.6. The molecule has 2 atom stereocenters. The summed E-state index contributed by atoms with van der Waals surface area (Å²) in [7, 11) is 4.61. The molecule has 3 saturated heterocycles. The fourth-order valence-electron chi connectivity index (χ4n) is 4.42. The molecule has 2 bridgehead atoms. The Hall–Kier alpha value is -3.56. The molecular weight excluding hydrogens is 388 g/mol. The van der Waals surface area contributed by atoms with E-state index in [-0.39, 0.29) is 18.0 Å². The Balaban J connectivity index is 1.38. The van der Waals surface area contributed by atoms with Crippen LogP contribution in [0.1, 0.15) is 16.8 Å². The molecule has 30 heavy (non-hydrogen) atoms. The van der Waals surface area contributed by atoms with E-state index < -0.39 is 0 Å². The molecule has 3 fully saturated rings. The van der Waals surface area contributed by atoms with Gasteiger partial charge in [0.15, 0.2) is 17.1 Å². The summed E-state index contributed by atoms with van der Waals surface area (Å²) in [5.74, 6) is 2.13. The van der Waals surface area contributed by atoms with Crippen LogP contribution in [-0.4, -0.2) is 77.1 Å². The van der Waals surface area contributed by atoms with Crippen LogP contribution in [0.3, 0.4) is 0 Å². The van der Waals surface area contributed by atoms with E-state index in [1.54, 1.807) is 30.1 Å². The van der Waals surface area contributed by atoms with E-state index in [4.69, 9.17) is 14.2 Å². The average molecular weight is 410 g/mol. The molecule has 0 saturated carbocycles. The van der Waals surface area contributed by atoms with Crippen molar-refractivity contribution in [3.63, 3.8) is 0 Å². The fraction of sp³-hybridized carbons (Fsp3) is 0.400. The molecule has 0 spiro atoms. The summed E-state index contributed by atoms with van der Waals surface area (Å²) in [6.45, 7) is 1.44. The third kappa shape index (κ3) is 2.71. The number of nitrogens with zero attached hydrogens (tertiary/aromatic N) is 6. The number of rotatable bonds is 5. The Morgan fingerprint density at radius 2 is 1.77 bits per heavy atom. The summed E-state index contributed by atoms with van der Waals surface area (Å²) in [6, 6.07) is 7.54. The first-order valence-electron chi connectivity index (χ1n) is 9.68. The zero-order chi connectivity index (χ0) is 20.8. The van der Waals surface area contributed by atoms with Crippen molar-refractivity contribution in [2.75, 3.05) is 39.3 Å². The van der Waals surface area contributed by atoms with Crippen molar-refractivity contribution in [3.05, 3.63) is 36.2 Å². The predicted octanol–water partition coefficient (Wildman–Crippen LogP) is 1.25. The maximum absolute atomic E-state index is 13.4. The molecule has 5 heterocycles. The third-order valence-corrected chi connectivity index (χ3v) is 5.83. The number of amides is 1. The van der Waals surface area contributed by atoms with E-state index in [1.807, 2.05) is 17.0 Å². The second-order valence-electron chi connectivity index (χ2n) is 7.37. The number of carbonyl (C=O) groups excluding carboxylic acids is 1. The monoisotopic (exact) mass is 410 g/mol. The summed E-state index contributed by atoms with van der Waals surface area (Å²) < 4.78 is 17.9. The van der Waals surface area contributed by atoms with Crippen molar-refractivity contribution < 1.29 is 19.0 Å². The highest BCUT2D eigenvalue weighted by Crippen LogP contribution is 2.42. The van der Waals surface area contributed by atoms with Crippen molar-refractivity contribution in [1.29, 1.82) is 0 Å². The number of anilines is 1. The second kappa shape index (κ2) is 7.05. The molecule has 3 aromatic rings. The van der Waals surface area contributed by atoms with Gasteiger partial charge in [-0.05, 0) is 30.7 Å². The van der Waals surface area contributed by atoms with Gasteiger partial charge in [-0.3, -0.25) is 4.79 Å². The fourth-order valence-corrected chi connectivity index (χ4v) is 4.42. The molecule has 1 amide bonds. The van der Waals surface area contributed by atoms with Crippen molar-refractivity contribution in [1.82, 2.24) is 24.7 Å². The summed E-state index contributed by atoms with van der Waals surface area (Å²) in [6.07, 6.45) is 2.56. The Morgan fingerprint density at radius 3 is 2.47 bits per heavy atom. The average Bonchev–Trinajstić information content (AvgIpc) is 3.25. The summed E-state index contributed by atoms with van der Waals surface area (Å²) >= 11 is 0. The van der Waals surface area contributed by atoms with Crippen LogP contribution in [0.5, 0.6) is 17.2 Å². The van der Waals surface area contributed by atoms with Crippen LogP contribution in [-0.2, 0) is 0 Å². The number of piperidine rings is 1. The van der Waals surface area contributed by atoms with E-state index in [0.717, 1.165) is 25.3 Å². The quantitative estimate of drug-likeness (QED) is 0.620. The molecule has 0 N–H and O–H groups in total. The zero-order valence-corrected chi connectivity index (χ0v) is 17.0. The maximum atomic E-state index is 13.4. The number of fused-ring (bicyclic) bond motifs is 3. The molecule has 3 aliphatic heterocycles. The van der Waals surface area contributed by atoms with E-state index in [9.17, 15) is 4.79 Å². The Bertz CT molecular complexity index is 1100. The lowest BCUT2D eigenvalue weighted by Gasteiger charge is -2.56. The van der Waals surface area contributed by atoms with Crippen LogP contribution >= 0.6 is 0 Å². The smallest absolute Gasteiger partial charge is 0.258 e. The van der Waals surface area contributed by atoms with Crippen molar-refractivity contribution in [2.24, 2.45) is 0 Å². The minimum atomic E-state index is -0.0593. The SMILES string of the molecule is COc1ccc(C(=O)N2C3CC2CN(c2ccc4nncn4n2)C3)c(OC)c1OC. The molecule has 0 radical (unpaired) electrons. The Labute approximate surface area is 172 Å². The number of hydrogen-bond donors (Lipinski definition) is 0. The topological polar surface area (TPSA) is 94.3 Å². The predicted molar refractivity (Wildman–Crippen MR) is 107 cm³/mol. The normalized spacial score (nSPS) is 20.1. The van der Waals surface area contributed by atoms with Gasteiger partial charge in [0.1, 0.15) is 12.1 Å². The molecule has 3 aliphatic rings. The van der Waals surface area contributed by atoms with E-state index >= 15 is 0 Å². The molecule has 0 aliphatic carbocycles. The number of benzene rings is 1. The van der Waals surface area contributed by atoms with Crippen molar-refractivity contribution in [3.8, 4) is 17.2 Å². The van der Waals surface area contributed by atoms with Crippen LogP contribution in [0.2, 0.25) is 0 Å². The van der Waals surface area contributed by atoms with Gasteiger partial charge in [-0.2, -0.15) is 4.52 Å². The molecule has 2 unspecified atom stereocenters. The van der Waals surface area contributed by atoms with Crippen molar-refractivity contribution >= 4 is 17.4 Å². The third-order valence-electron chi connectivity index (χ3n) is 5.83. The minimum absolute atomic E-state index is 0.0593. The first-order valence-corrected chi connectivity index (χ1v) is 9.68. The lowest BCUT2D eigenvalue weighted by Crippen LogP contribution is -2.70. The van der Waals surface area contributed by atoms with Gasteiger partial charge in [0, 0.05) is 13.1 Å².